The Morgan fingerprint density at radius 1 is 1.36 bits per heavy atom. The van der Waals surface area contributed by atoms with Crippen LogP contribution in [0.4, 0.5) is 5.69 Å². The zero-order chi connectivity index (χ0) is 9.97. The second-order valence-electron chi connectivity index (χ2n) is 3.57. The summed E-state index contributed by atoms with van der Waals surface area (Å²) < 4.78 is 0. The molecule has 0 fully saturated rings. The van der Waals surface area contributed by atoms with Crippen LogP contribution >= 0.6 is 0 Å². The molecule has 1 aliphatic rings. The van der Waals surface area contributed by atoms with Gasteiger partial charge in [-0.3, -0.25) is 0 Å². The van der Waals surface area contributed by atoms with Crippen LogP contribution in [0.2, 0.25) is 0 Å². The van der Waals surface area contributed by atoms with Gasteiger partial charge in [-0.1, -0.05) is 24.3 Å². The Balaban J connectivity index is 2.38. The van der Waals surface area contributed by atoms with E-state index in [1.807, 2.05) is 6.07 Å². The van der Waals surface area contributed by atoms with E-state index in [2.05, 4.69) is 36.1 Å². The highest BCUT2D eigenvalue weighted by molar-refractivity contribution is 5.78. The Bertz CT molecular complexity index is 357. The molecule has 0 saturated heterocycles. The standard InChI is InChI=1S/C12H15NO/c1-10-6-7-13(8-9-14)12-5-3-2-4-11(10)12/h2-6,14H,7-9H2,1H3. The van der Waals surface area contributed by atoms with Gasteiger partial charge in [0, 0.05) is 24.3 Å². The van der Waals surface area contributed by atoms with E-state index < -0.39 is 0 Å². The van der Waals surface area contributed by atoms with Crippen LogP contribution < -0.4 is 4.90 Å². The van der Waals surface area contributed by atoms with Crippen LogP contribution in [0.1, 0.15) is 12.5 Å². The summed E-state index contributed by atoms with van der Waals surface area (Å²) in [5.74, 6) is 0. The predicted molar refractivity (Wildman–Crippen MR) is 59.4 cm³/mol. The highest BCUT2D eigenvalue weighted by Crippen LogP contribution is 2.30. The lowest BCUT2D eigenvalue weighted by Gasteiger charge is -2.29. The molecule has 0 spiro atoms. The molecule has 74 valence electrons. The summed E-state index contributed by atoms with van der Waals surface area (Å²) in [6.45, 7) is 3.96. The third kappa shape index (κ3) is 1.53. The fraction of sp³-hybridized carbons (Fsp3) is 0.333. The third-order valence-corrected chi connectivity index (χ3v) is 2.66. The van der Waals surface area contributed by atoms with Gasteiger partial charge in [-0.25, -0.2) is 0 Å². The number of hydrogen-bond acceptors (Lipinski definition) is 2. The Morgan fingerprint density at radius 2 is 2.14 bits per heavy atom. The van der Waals surface area contributed by atoms with E-state index in [0.717, 1.165) is 6.54 Å². The van der Waals surface area contributed by atoms with E-state index in [4.69, 9.17) is 5.11 Å². The van der Waals surface area contributed by atoms with E-state index in [9.17, 15) is 0 Å². The van der Waals surface area contributed by atoms with Crippen molar-refractivity contribution in [3.05, 3.63) is 35.9 Å². The van der Waals surface area contributed by atoms with Crippen molar-refractivity contribution in [2.24, 2.45) is 0 Å². The third-order valence-electron chi connectivity index (χ3n) is 2.66. The maximum Gasteiger partial charge on any atom is 0.0606 e. The van der Waals surface area contributed by atoms with E-state index in [-0.39, 0.29) is 6.61 Å². The Hall–Kier alpha value is -1.28. The van der Waals surface area contributed by atoms with E-state index in [0.29, 0.717) is 6.54 Å². The number of allylic oxidation sites excluding steroid dienone is 1. The largest absolute Gasteiger partial charge is 0.395 e. The van der Waals surface area contributed by atoms with Crippen molar-refractivity contribution >= 4 is 11.3 Å². The normalized spacial score (nSPS) is 15.0. The Labute approximate surface area is 84.5 Å². The van der Waals surface area contributed by atoms with Gasteiger partial charge in [-0.05, 0) is 18.6 Å². The summed E-state index contributed by atoms with van der Waals surface area (Å²) in [5.41, 5.74) is 3.85. The molecule has 0 atom stereocenters. The monoisotopic (exact) mass is 189 g/mol. The first-order chi connectivity index (χ1) is 6.83. The predicted octanol–water partition coefficient (Wildman–Crippen LogP) is 1.90. The summed E-state index contributed by atoms with van der Waals surface area (Å²) in [7, 11) is 0. The lowest BCUT2D eigenvalue weighted by Crippen LogP contribution is -2.29. The number of aliphatic hydroxyl groups is 1. The molecule has 1 N–H and O–H groups in total. The SMILES string of the molecule is CC1=CCN(CCO)c2ccccc21. The zero-order valence-electron chi connectivity index (χ0n) is 8.40. The zero-order valence-corrected chi connectivity index (χ0v) is 8.40. The maximum absolute atomic E-state index is 8.95. The highest BCUT2D eigenvalue weighted by atomic mass is 16.3. The van der Waals surface area contributed by atoms with Gasteiger partial charge in [0.1, 0.15) is 0 Å². The molecule has 1 aromatic rings. The van der Waals surface area contributed by atoms with Crippen molar-refractivity contribution in [2.45, 2.75) is 6.92 Å². The maximum atomic E-state index is 8.95. The first-order valence-corrected chi connectivity index (χ1v) is 4.95. The highest BCUT2D eigenvalue weighted by Gasteiger charge is 2.14. The van der Waals surface area contributed by atoms with Crippen LogP contribution in [0, 0.1) is 0 Å². The van der Waals surface area contributed by atoms with Crippen LogP contribution in [0.3, 0.4) is 0 Å². The molecule has 2 heteroatoms. The van der Waals surface area contributed by atoms with E-state index in [1.165, 1.54) is 16.8 Å². The lowest BCUT2D eigenvalue weighted by molar-refractivity contribution is 0.303. The van der Waals surface area contributed by atoms with Crippen molar-refractivity contribution in [1.82, 2.24) is 0 Å². The van der Waals surface area contributed by atoms with Gasteiger partial charge < -0.3 is 10.0 Å². The average Bonchev–Trinajstić information content (AvgIpc) is 2.23. The van der Waals surface area contributed by atoms with Crippen LogP contribution in [0.25, 0.3) is 5.57 Å². The smallest absolute Gasteiger partial charge is 0.0606 e. The summed E-state index contributed by atoms with van der Waals surface area (Å²) >= 11 is 0. The van der Waals surface area contributed by atoms with Crippen molar-refractivity contribution in [3.8, 4) is 0 Å². The van der Waals surface area contributed by atoms with Crippen LogP contribution in [-0.2, 0) is 0 Å². The fourth-order valence-corrected chi connectivity index (χ4v) is 1.87. The Morgan fingerprint density at radius 3 is 2.93 bits per heavy atom. The lowest BCUT2D eigenvalue weighted by atomic mass is 10.0. The first kappa shape index (κ1) is 9.28. The number of benzene rings is 1. The van der Waals surface area contributed by atoms with Crippen LogP contribution in [0.5, 0.6) is 0 Å². The molecule has 0 amide bonds. The number of hydrogen-bond donors (Lipinski definition) is 1. The topological polar surface area (TPSA) is 23.5 Å². The van der Waals surface area contributed by atoms with Gasteiger partial charge >= 0.3 is 0 Å². The van der Waals surface area contributed by atoms with Crippen molar-refractivity contribution in [2.75, 3.05) is 24.6 Å². The summed E-state index contributed by atoms with van der Waals surface area (Å²) in [6, 6.07) is 8.34. The molecule has 0 aromatic heterocycles. The molecule has 14 heavy (non-hydrogen) atoms. The molecule has 0 aliphatic carbocycles. The van der Waals surface area contributed by atoms with Crippen LogP contribution in [0.15, 0.2) is 30.3 Å². The number of para-hydroxylation sites is 1. The first-order valence-electron chi connectivity index (χ1n) is 4.95. The molecule has 2 rings (SSSR count). The summed E-state index contributed by atoms with van der Waals surface area (Å²) in [5, 5.41) is 8.95. The molecular weight excluding hydrogens is 174 g/mol. The minimum absolute atomic E-state index is 0.210. The molecule has 0 unspecified atom stereocenters. The summed E-state index contributed by atoms with van der Waals surface area (Å²) in [6.07, 6.45) is 2.21. The molecule has 0 saturated carbocycles. The van der Waals surface area contributed by atoms with Gasteiger partial charge in [0.25, 0.3) is 0 Å². The fourth-order valence-electron chi connectivity index (χ4n) is 1.87. The van der Waals surface area contributed by atoms with Crippen molar-refractivity contribution in [3.63, 3.8) is 0 Å². The molecule has 1 aliphatic heterocycles. The molecule has 1 aromatic carbocycles. The number of β-amino-alcohol motifs (C(OH)–C–C–N with tert-alkyl or cyclic N) is 1. The van der Waals surface area contributed by atoms with Crippen molar-refractivity contribution < 1.29 is 5.11 Å². The number of anilines is 1. The molecule has 0 bridgehead atoms. The molecular formula is C12H15NO. The van der Waals surface area contributed by atoms with Crippen molar-refractivity contribution in [1.29, 1.82) is 0 Å². The van der Waals surface area contributed by atoms with Gasteiger partial charge in [0.05, 0.1) is 6.61 Å². The molecule has 2 nitrogen and oxygen atoms in total. The summed E-state index contributed by atoms with van der Waals surface area (Å²) in [4.78, 5) is 2.20. The van der Waals surface area contributed by atoms with Gasteiger partial charge in [-0.2, -0.15) is 0 Å². The van der Waals surface area contributed by atoms with E-state index >= 15 is 0 Å². The van der Waals surface area contributed by atoms with Crippen LogP contribution in [-0.4, -0.2) is 24.8 Å². The second-order valence-corrected chi connectivity index (χ2v) is 3.57. The van der Waals surface area contributed by atoms with Gasteiger partial charge in [0.2, 0.25) is 0 Å². The van der Waals surface area contributed by atoms with Gasteiger partial charge in [0.15, 0.2) is 0 Å². The number of rotatable bonds is 2. The quantitative estimate of drug-likeness (QED) is 0.768. The average molecular weight is 189 g/mol. The van der Waals surface area contributed by atoms with Gasteiger partial charge in [-0.15, -0.1) is 0 Å². The minimum Gasteiger partial charge on any atom is -0.395 e. The molecule has 1 heterocycles. The van der Waals surface area contributed by atoms with E-state index in [1.54, 1.807) is 0 Å². The number of fused-ring (bicyclic) bond motifs is 1. The number of nitrogens with zero attached hydrogens (tertiary/aromatic N) is 1. The second kappa shape index (κ2) is 3.84. The minimum atomic E-state index is 0.210. The molecule has 0 radical (unpaired) electrons. The number of aliphatic hydroxyl groups excluding tert-OH is 1. The Kier molecular flexibility index (Phi) is 2.55.